The summed E-state index contributed by atoms with van der Waals surface area (Å²) in [5.74, 6) is 0.103. The van der Waals surface area contributed by atoms with Gasteiger partial charge in [0.15, 0.2) is 0 Å². The molecule has 8 heteroatoms. The van der Waals surface area contributed by atoms with Gasteiger partial charge in [0.1, 0.15) is 19.0 Å². The lowest BCUT2D eigenvalue weighted by Gasteiger charge is -2.09. The molecule has 0 radical (unpaired) electrons. The summed E-state index contributed by atoms with van der Waals surface area (Å²) in [5.41, 5.74) is 2.41. The number of rotatable bonds is 6. The molecule has 0 amide bonds. The number of hydrogen-bond acceptors (Lipinski definition) is 8. The quantitative estimate of drug-likeness (QED) is 0.347. The number of aryl methyl sites for hydroxylation is 1. The van der Waals surface area contributed by atoms with Crippen molar-refractivity contribution in [3.63, 3.8) is 0 Å². The van der Waals surface area contributed by atoms with Crippen LogP contribution >= 0.6 is 11.3 Å². The monoisotopic (exact) mass is 405 g/mol. The molecule has 0 fully saturated rings. The number of pyridine rings is 1. The molecule has 0 aliphatic carbocycles. The summed E-state index contributed by atoms with van der Waals surface area (Å²) in [5, 5.41) is 15.2. The second kappa shape index (κ2) is 8.12. The zero-order valence-corrected chi connectivity index (χ0v) is 16.2. The van der Waals surface area contributed by atoms with Gasteiger partial charge in [-0.05, 0) is 48.7 Å². The van der Waals surface area contributed by atoms with Crippen LogP contribution in [0.15, 0.2) is 52.4 Å². The van der Waals surface area contributed by atoms with Crippen LogP contribution in [-0.2, 0) is 4.74 Å². The van der Waals surface area contributed by atoms with E-state index >= 15 is 0 Å². The van der Waals surface area contributed by atoms with Crippen LogP contribution in [0, 0.1) is 18.3 Å². The molecule has 0 aliphatic heterocycles. The van der Waals surface area contributed by atoms with Gasteiger partial charge in [-0.25, -0.2) is 9.78 Å². The van der Waals surface area contributed by atoms with Gasteiger partial charge in [-0.1, -0.05) is 11.2 Å². The largest absolute Gasteiger partial charge is 0.490 e. The Bertz CT molecular complexity index is 1190. The van der Waals surface area contributed by atoms with Crippen LogP contribution in [-0.4, -0.2) is 29.3 Å². The number of carbonyl (C=O) groups is 1. The number of nitrogens with zero attached hydrogens (tertiary/aromatic N) is 3. The molecular weight excluding hydrogens is 390 g/mol. The smallest absolute Gasteiger partial charge is 0.339 e. The van der Waals surface area contributed by atoms with Crippen LogP contribution in [0.1, 0.15) is 21.6 Å². The normalized spacial score (nSPS) is 10.6. The van der Waals surface area contributed by atoms with E-state index in [1.165, 1.54) is 11.3 Å². The zero-order valence-electron chi connectivity index (χ0n) is 15.4. The first kappa shape index (κ1) is 18.7. The lowest BCUT2D eigenvalue weighted by molar-refractivity contribution is 0.0452. The molecule has 7 nitrogen and oxygen atoms in total. The number of esters is 1. The van der Waals surface area contributed by atoms with Crippen LogP contribution in [0.3, 0.4) is 0 Å². The highest BCUT2D eigenvalue weighted by molar-refractivity contribution is 7.13. The summed E-state index contributed by atoms with van der Waals surface area (Å²) in [7, 11) is 0. The minimum Gasteiger partial charge on any atom is -0.490 e. The number of ether oxygens (including phenoxy) is 2. The first-order valence-electron chi connectivity index (χ1n) is 8.76. The number of carbonyl (C=O) groups excluding carboxylic acids is 1. The summed E-state index contributed by atoms with van der Waals surface area (Å²) >= 11 is 1.52. The first-order valence-corrected chi connectivity index (χ1v) is 9.64. The summed E-state index contributed by atoms with van der Waals surface area (Å²) in [6.07, 6.45) is 0. The number of thiophene rings is 1. The Hall–Kier alpha value is -3.70. The number of benzene rings is 1. The second-order valence-corrected chi connectivity index (χ2v) is 7.05. The summed E-state index contributed by atoms with van der Waals surface area (Å²) in [6.45, 7) is 2.01. The Balaban J connectivity index is 1.47. The van der Waals surface area contributed by atoms with Gasteiger partial charge in [0, 0.05) is 0 Å². The van der Waals surface area contributed by atoms with Crippen molar-refractivity contribution in [2.45, 2.75) is 6.92 Å². The van der Waals surface area contributed by atoms with Gasteiger partial charge in [-0.2, -0.15) is 5.26 Å². The first-order chi connectivity index (χ1) is 14.2. The van der Waals surface area contributed by atoms with E-state index in [0.29, 0.717) is 39.4 Å². The molecule has 0 unspecified atom stereocenters. The van der Waals surface area contributed by atoms with E-state index in [4.69, 9.17) is 19.3 Å². The molecule has 0 saturated carbocycles. The fourth-order valence-electron chi connectivity index (χ4n) is 2.80. The van der Waals surface area contributed by atoms with Gasteiger partial charge in [0.25, 0.3) is 5.71 Å². The van der Waals surface area contributed by atoms with Crippen molar-refractivity contribution in [3.8, 4) is 22.4 Å². The van der Waals surface area contributed by atoms with E-state index in [-0.39, 0.29) is 13.2 Å². The van der Waals surface area contributed by atoms with Crippen molar-refractivity contribution in [2.75, 3.05) is 13.2 Å². The molecule has 3 heterocycles. The number of hydrogen-bond donors (Lipinski definition) is 0. The third kappa shape index (κ3) is 3.95. The molecule has 4 aromatic rings. The summed E-state index contributed by atoms with van der Waals surface area (Å²) in [4.78, 5) is 18.1. The van der Waals surface area contributed by atoms with Crippen LogP contribution < -0.4 is 4.74 Å². The number of nitriles is 1. The van der Waals surface area contributed by atoms with Crippen LogP contribution in [0.5, 0.6) is 5.75 Å². The minimum absolute atomic E-state index is 0.0707. The molecule has 4 rings (SSSR count). The minimum atomic E-state index is -0.495. The highest BCUT2D eigenvalue weighted by Gasteiger charge is 2.20. The maximum absolute atomic E-state index is 12.7. The lowest BCUT2D eigenvalue weighted by atomic mass is 10.1. The number of fused-ring (bicyclic) bond motifs is 1. The molecule has 29 heavy (non-hydrogen) atoms. The topological polar surface area (TPSA) is 98.2 Å². The predicted octanol–water partition coefficient (Wildman–Crippen LogP) is 4.37. The van der Waals surface area contributed by atoms with Gasteiger partial charge >= 0.3 is 5.97 Å². The van der Waals surface area contributed by atoms with Crippen molar-refractivity contribution in [1.82, 2.24) is 10.1 Å². The van der Waals surface area contributed by atoms with E-state index < -0.39 is 5.97 Å². The van der Waals surface area contributed by atoms with Crippen molar-refractivity contribution >= 4 is 28.4 Å². The fourth-order valence-corrected chi connectivity index (χ4v) is 3.49. The van der Waals surface area contributed by atoms with Gasteiger partial charge < -0.3 is 14.0 Å². The average molecular weight is 405 g/mol. The SMILES string of the molecule is Cc1noc2nc(-c3cccs3)cc(C(=O)OCCOc3ccc(C#N)cc3)c12. The summed E-state index contributed by atoms with van der Waals surface area (Å²) in [6, 6.07) is 14.3. The highest BCUT2D eigenvalue weighted by Crippen LogP contribution is 2.29. The van der Waals surface area contributed by atoms with Crippen molar-refractivity contribution in [3.05, 3.63) is 64.7 Å². The standard InChI is InChI=1S/C21H15N3O4S/c1-13-19-16(11-17(18-3-2-10-29-18)23-20(19)28-24-13)21(25)27-9-8-26-15-6-4-14(12-22)5-7-15/h2-7,10-11H,8-9H2,1H3. The third-order valence-corrected chi connectivity index (χ3v) is 5.07. The van der Waals surface area contributed by atoms with E-state index in [2.05, 4.69) is 10.1 Å². The Morgan fingerprint density at radius 3 is 2.79 bits per heavy atom. The van der Waals surface area contributed by atoms with Gasteiger partial charge in [-0.3, -0.25) is 0 Å². The van der Waals surface area contributed by atoms with Crippen LogP contribution in [0.25, 0.3) is 21.7 Å². The third-order valence-electron chi connectivity index (χ3n) is 4.18. The lowest BCUT2D eigenvalue weighted by Crippen LogP contribution is -2.13. The van der Waals surface area contributed by atoms with Crippen LogP contribution in [0.2, 0.25) is 0 Å². The molecule has 0 bridgehead atoms. The van der Waals surface area contributed by atoms with Crippen molar-refractivity contribution < 1.29 is 18.8 Å². The fraction of sp³-hybridized carbons (Fsp3) is 0.143. The molecule has 3 aromatic heterocycles. The Morgan fingerprint density at radius 1 is 1.24 bits per heavy atom. The Morgan fingerprint density at radius 2 is 2.07 bits per heavy atom. The van der Waals surface area contributed by atoms with E-state index in [1.54, 1.807) is 37.3 Å². The Kier molecular flexibility index (Phi) is 5.22. The molecule has 0 saturated heterocycles. The maximum Gasteiger partial charge on any atom is 0.339 e. The maximum atomic E-state index is 12.7. The predicted molar refractivity (Wildman–Crippen MR) is 107 cm³/mol. The highest BCUT2D eigenvalue weighted by atomic mass is 32.1. The molecule has 0 spiro atoms. The van der Waals surface area contributed by atoms with Gasteiger partial charge in [0.2, 0.25) is 0 Å². The summed E-state index contributed by atoms with van der Waals surface area (Å²) < 4.78 is 16.2. The Labute approximate surface area is 170 Å². The molecule has 0 atom stereocenters. The molecule has 0 aliphatic rings. The van der Waals surface area contributed by atoms with E-state index in [0.717, 1.165) is 4.88 Å². The molecule has 144 valence electrons. The molecule has 1 aromatic carbocycles. The molecule has 0 N–H and O–H groups in total. The van der Waals surface area contributed by atoms with Crippen molar-refractivity contribution in [1.29, 1.82) is 5.26 Å². The number of aromatic nitrogens is 2. The van der Waals surface area contributed by atoms with Crippen LogP contribution in [0.4, 0.5) is 0 Å². The average Bonchev–Trinajstić information content (AvgIpc) is 3.41. The van der Waals surface area contributed by atoms with Gasteiger partial charge in [-0.15, -0.1) is 11.3 Å². The van der Waals surface area contributed by atoms with E-state index in [9.17, 15) is 4.79 Å². The van der Waals surface area contributed by atoms with E-state index in [1.807, 2.05) is 23.6 Å². The zero-order chi connectivity index (χ0) is 20.2. The van der Waals surface area contributed by atoms with Gasteiger partial charge in [0.05, 0.1) is 38.8 Å². The second-order valence-electron chi connectivity index (χ2n) is 6.10. The molecular formula is C21H15N3O4S. The van der Waals surface area contributed by atoms with Crippen molar-refractivity contribution in [2.24, 2.45) is 0 Å².